The molecule has 0 rings (SSSR count). The van der Waals surface area contributed by atoms with E-state index in [9.17, 15) is 14.4 Å². The van der Waals surface area contributed by atoms with E-state index in [4.69, 9.17) is 14.2 Å². The standard InChI is InChI=1S/C68H116O6/c1-4-7-10-13-16-19-22-24-26-28-30-32-34-36-38-40-42-44-46-49-52-55-58-61-67(70)73-64-65(63-72-66(69)60-57-54-51-48-21-18-15-12-9-6-3)74-68(71)62-59-56-53-50-47-45-43-41-39-37-35-33-31-29-27-25-23-20-17-14-11-8-5-2/h7-8,10-11,16-17,19-20,24-27,30-33,65H,4-6,9,12-15,18,21-23,28-29,34-64H2,1-3H3/b10-7-,11-8-,19-16-,20-17-,26-24-,27-25-,32-30-,33-31-. The smallest absolute Gasteiger partial charge is 0.306 e. The van der Waals surface area contributed by atoms with Gasteiger partial charge < -0.3 is 14.2 Å². The molecule has 0 aromatic carbocycles. The SMILES string of the molecule is CC/C=C\C/C=C\C/C=C\C/C=C\CCCCCCCCCCCCC(=O)OCC(COC(=O)CCCCCCCCCCCC)OC(=O)CCCCCCCCCCCC/C=C\C/C=C\C/C=C\C/C=C\CC. The number of ether oxygens (including phenoxy) is 3. The normalized spacial score (nSPS) is 12.7. The van der Waals surface area contributed by atoms with E-state index in [2.05, 4.69) is 118 Å². The van der Waals surface area contributed by atoms with Crippen molar-refractivity contribution in [1.82, 2.24) is 0 Å². The van der Waals surface area contributed by atoms with Crippen LogP contribution in [0.4, 0.5) is 0 Å². The lowest BCUT2D eigenvalue weighted by molar-refractivity contribution is -0.167. The van der Waals surface area contributed by atoms with Gasteiger partial charge in [0.05, 0.1) is 0 Å². The lowest BCUT2D eigenvalue weighted by atomic mass is 10.0. The fourth-order valence-electron chi connectivity index (χ4n) is 8.72. The zero-order valence-electron chi connectivity index (χ0n) is 48.6. The number of hydrogen-bond acceptors (Lipinski definition) is 6. The van der Waals surface area contributed by atoms with E-state index in [1.54, 1.807) is 0 Å². The van der Waals surface area contributed by atoms with E-state index >= 15 is 0 Å². The summed E-state index contributed by atoms with van der Waals surface area (Å²) in [6.07, 6.45) is 82.7. The van der Waals surface area contributed by atoms with Crippen molar-refractivity contribution in [3.63, 3.8) is 0 Å². The van der Waals surface area contributed by atoms with Gasteiger partial charge in [-0.15, -0.1) is 0 Å². The van der Waals surface area contributed by atoms with E-state index in [0.29, 0.717) is 19.3 Å². The molecule has 0 radical (unpaired) electrons. The molecule has 0 saturated carbocycles. The summed E-state index contributed by atoms with van der Waals surface area (Å²) < 4.78 is 16.9. The monoisotopic (exact) mass is 1030 g/mol. The molecule has 0 saturated heterocycles. The summed E-state index contributed by atoms with van der Waals surface area (Å²) in [5, 5.41) is 0. The first-order valence-electron chi connectivity index (χ1n) is 31.2. The summed E-state index contributed by atoms with van der Waals surface area (Å²) in [5.74, 6) is -0.879. The molecule has 0 aliphatic heterocycles. The second kappa shape index (κ2) is 61.9. The number of carbonyl (C=O) groups is 3. The first-order chi connectivity index (χ1) is 36.5. The highest BCUT2D eigenvalue weighted by Gasteiger charge is 2.19. The Bertz CT molecular complexity index is 1460. The first-order valence-corrected chi connectivity index (χ1v) is 31.2. The molecule has 1 atom stereocenters. The second-order valence-corrected chi connectivity index (χ2v) is 20.6. The van der Waals surface area contributed by atoms with Crippen LogP contribution >= 0.6 is 0 Å². The Kier molecular flexibility index (Phi) is 58.8. The third-order valence-corrected chi connectivity index (χ3v) is 13.3. The van der Waals surface area contributed by atoms with Gasteiger partial charge in [0, 0.05) is 19.3 Å². The van der Waals surface area contributed by atoms with Gasteiger partial charge in [-0.05, 0) is 96.3 Å². The van der Waals surface area contributed by atoms with Crippen LogP contribution in [0.1, 0.15) is 297 Å². The summed E-state index contributed by atoms with van der Waals surface area (Å²) in [5.41, 5.74) is 0. The van der Waals surface area contributed by atoms with Crippen molar-refractivity contribution in [3.8, 4) is 0 Å². The Morgan fingerprint density at radius 1 is 0.284 bits per heavy atom. The van der Waals surface area contributed by atoms with E-state index in [1.165, 1.54) is 148 Å². The molecule has 0 fully saturated rings. The second-order valence-electron chi connectivity index (χ2n) is 20.6. The molecule has 6 nitrogen and oxygen atoms in total. The quantitative estimate of drug-likeness (QED) is 0.0261. The molecule has 0 heterocycles. The molecule has 74 heavy (non-hydrogen) atoms. The Labute approximate surface area is 457 Å². The number of carbonyl (C=O) groups excluding carboxylic acids is 3. The maximum atomic E-state index is 12.9. The average molecular weight is 1030 g/mol. The summed E-state index contributed by atoms with van der Waals surface area (Å²) in [7, 11) is 0. The highest BCUT2D eigenvalue weighted by molar-refractivity contribution is 5.71. The van der Waals surface area contributed by atoms with Gasteiger partial charge in [-0.25, -0.2) is 0 Å². The molecule has 0 aromatic rings. The van der Waals surface area contributed by atoms with Crippen LogP contribution in [0.2, 0.25) is 0 Å². The van der Waals surface area contributed by atoms with Crippen LogP contribution in [0.25, 0.3) is 0 Å². The predicted octanol–water partition coefficient (Wildman–Crippen LogP) is 21.3. The maximum absolute atomic E-state index is 12.9. The lowest BCUT2D eigenvalue weighted by Crippen LogP contribution is -2.30. The fourth-order valence-corrected chi connectivity index (χ4v) is 8.72. The van der Waals surface area contributed by atoms with Crippen LogP contribution in [0.5, 0.6) is 0 Å². The number of unbranched alkanes of at least 4 members (excludes halogenated alkanes) is 29. The van der Waals surface area contributed by atoms with E-state index in [-0.39, 0.29) is 31.1 Å². The highest BCUT2D eigenvalue weighted by Crippen LogP contribution is 2.16. The van der Waals surface area contributed by atoms with Gasteiger partial charge in [-0.1, -0.05) is 279 Å². The third-order valence-electron chi connectivity index (χ3n) is 13.3. The Hall–Kier alpha value is -3.67. The Morgan fingerprint density at radius 3 is 0.824 bits per heavy atom. The zero-order valence-corrected chi connectivity index (χ0v) is 48.6. The van der Waals surface area contributed by atoms with E-state index in [1.807, 2.05) is 0 Å². The Balaban J connectivity index is 4.27. The summed E-state index contributed by atoms with van der Waals surface area (Å²) >= 11 is 0. The van der Waals surface area contributed by atoms with E-state index < -0.39 is 6.10 Å². The minimum absolute atomic E-state index is 0.0780. The van der Waals surface area contributed by atoms with Crippen molar-refractivity contribution < 1.29 is 28.6 Å². The van der Waals surface area contributed by atoms with Gasteiger partial charge in [0.2, 0.25) is 0 Å². The van der Waals surface area contributed by atoms with Crippen LogP contribution in [0, 0.1) is 0 Å². The minimum Gasteiger partial charge on any atom is -0.462 e. The maximum Gasteiger partial charge on any atom is 0.306 e. The van der Waals surface area contributed by atoms with Crippen LogP contribution in [-0.4, -0.2) is 37.2 Å². The third kappa shape index (κ3) is 59.2. The van der Waals surface area contributed by atoms with Crippen LogP contribution < -0.4 is 0 Å². The van der Waals surface area contributed by atoms with Crippen molar-refractivity contribution in [2.45, 2.75) is 303 Å². The molecule has 0 spiro atoms. The number of esters is 3. The van der Waals surface area contributed by atoms with Crippen molar-refractivity contribution >= 4 is 17.9 Å². The molecule has 0 aliphatic rings. The van der Waals surface area contributed by atoms with Gasteiger partial charge in [0.25, 0.3) is 0 Å². The molecule has 6 heteroatoms. The van der Waals surface area contributed by atoms with Crippen molar-refractivity contribution in [1.29, 1.82) is 0 Å². The molecule has 424 valence electrons. The van der Waals surface area contributed by atoms with Gasteiger partial charge in [0.1, 0.15) is 13.2 Å². The largest absolute Gasteiger partial charge is 0.462 e. The molecule has 0 aromatic heterocycles. The predicted molar refractivity (Wildman–Crippen MR) is 320 cm³/mol. The lowest BCUT2D eigenvalue weighted by Gasteiger charge is -2.18. The van der Waals surface area contributed by atoms with Gasteiger partial charge >= 0.3 is 17.9 Å². The van der Waals surface area contributed by atoms with Gasteiger partial charge in [-0.2, -0.15) is 0 Å². The van der Waals surface area contributed by atoms with Gasteiger partial charge in [0.15, 0.2) is 6.10 Å². The molecule has 0 amide bonds. The molecule has 0 N–H and O–H groups in total. The van der Waals surface area contributed by atoms with Crippen molar-refractivity contribution in [3.05, 3.63) is 97.2 Å². The van der Waals surface area contributed by atoms with Crippen molar-refractivity contribution in [2.75, 3.05) is 13.2 Å². The number of rotatable bonds is 56. The number of hydrogen-bond donors (Lipinski definition) is 0. The summed E-state index contributed by atoms with van der Waals surface area (Å²) in [6.45, 7) is 6.42. The van der Waals surface area contributed by atoms with E-state index in [0.717, 1.165) is 109 Å². The molecule has 0 aliphatic carbocycles. The summed E-state index contributed by atoms with van der Waals surface area (Å²) in [6, 6.07) is 0. The Morgan fingerprint density at radius 2 is 0.527 bits per heavy atom. The topological polar surface area (TPSA) is 78.9 Å². The fraction of sp³-hybridized carbons (Fsp3) is 0.721. The van der Waals surface area contributed by atoms with Crippen LogP contribution in [-0.2, 0) is 28.6 Å². The molecular formula is C68H116O6. The minimum atomic E-state index is -0.781. The molecular weight excluding hydrogens is 913 g/mol. The number of allylic oxidation sites excluding steroid dienone is 16. The first kappa shape index (κ1) is 70.3. The molecule has 1 unspecified atom stereocenters. The molecule has 0 bridgehead atoms. The van der Waals surface area contributed by atoms with Crippen LogP contribution in [0.15, 0.2) is 97.2 Å². The average Bonchev–Trinajstić information content (AvgIpc) is 3.40. The summed E-state index contributed by atoms with van der Waals surface area (Å²) in [4.78, 5) is 38.2. The van der Waals surface area contributed by atoms with Crippen molar-refractivity contribution in [2.24, 2.45) is 0 Å². The van der Waals surface area contributed by atoms with Gasteiger partial charge in [-0.3, -0.25) is 14.4 Å². The highest BCUT2D eigenvalue weighted by atomic mass is 16.6. The zero-order chi connectivity index (χ0) is 53.6. The van der Waals surface area contributed by atoms with Crippen LogP contribution in [0.3, 0.4) is 0 Å².